The van der Waals surface area contributed by atoms with E-state index in [1.807, 2.05) is 0 Å². The highest BCUT2D eigenvalue weighted by atomic mass is 32.1. The minimum absolute atomic E-state index is 0.799. The molecule has 0 aliphatic rings. The van der Waals surface area contributed by atoms with Crippen molar-refractivity contribution < 1.29 is 0 Å². The predicted octanol–water partition coefficient (Wildman–Crippen LogP) is 10.4. The smallest absolute Gasteiger partial charge is 0.0114 e. The van der Waals surface area contributed by atoms with Crippen molar-refractivity contribution in [2.75, 3.05) is 0 Å². The Labute approximate surface area is 181 Å². The van der Waals surface area contributed by atoms with Gasteiger partial charge in [-0.2, -0.15) is 0 Å². The van der Waals surface area contributed by atoms with E-state index in [9.17, 15) is 0 Å². The molecule has 0 radical (unpaired) electrons. The lowest BCUT2D eigenvalue weighted by Crippen LogP contribution is -2.04. The van der Waals surface area contributed by atoms with Crippen LogP contribution in [0, 0.1) is 0 Å². The van der Waals surface area contributed by atoms with Crippen LogP contribution < -0.4 is 0 Å². The Balaban J connectivity index is 2.80. The largest absolute Gasteiger partial charge is 0.145 e. The molecule has 164 valence electrons. The van der Waals surface area contributed by atoms with Gasteiger partial charge in [0.15, 0.2) is 0 Å². The molecule has 1 heterocycles. The van der Waals surface area contributed by atoms with Crippen LogP contribution in [0.15, 0.2) is 6.07 Å². The van der Waals surface area contributed by atoms with Gasteiger partial charge in [-0.1, -0.05) is 105 Å². The molecule has 0 saturated carbocycles. The van der Waals surface area contributed by atoms with Crippen LogP contribution in [-0.2, 0) is 6.42 Å². The molecule has 0 aliphatic heterocycles. The summed E-state index contributed by atoms with van der Waals surface area (Å²) < 4.78 is 0. The molecule has 0 N–H and O–H groups in total. The normalized spacial score (nSPS) is 13.8. The number of thiophene rings is 1. The lowest BCUT2D eigenvalue weighted by molar-refractivity contribution is 0.514. The molecule has 2 atom stereocenters. The second kappa shape index (κ2) is 16.5. The van der Waals surface area contributed by atoms with Crippen LogP contribution in [0.25, 0.3) is 0 Å². The maximum Gasteiger partial charge on any atom is 0.0114 e. The van der Waals surface area contributed by atoms with Crippen LogP contribution in [0.4, 0.5) is 0 Å². The highest BCUT2D eigenvalue weighted by molar-refractivity contribution is 7.12. The SMILES string of the molecule is CCCCCCCC(CC)c1cc(CCC)sc1C(CC)CCCCCCC. The standard InChI is InChI=1S/C27H50S/c1-6-11-13-15-17-20-23(9-4)26-22-25(19-8-3)28-27(26)24(10-5)21-18-16-14-12-7-2/h22-24H,6-21H2,1-5H3. The number of rotatable bonds is 18. The van der Waals surface area contributed by atoms with Gasteiger partial charge in [0, 0.05) is 9.75 Å². The van der Waals surface area contributed by atoms with E-state index in [0.717, 1.165) is 11.8 Å². The summed E-state index contributed by atoms with van der Waals surface area (Å²) >= 11 is 2.18. The first kappa shape index (κ1) is 25.7. The molecule has 0 fully saturated rings. The third-order valence-electron chi connectivity index (χ3n) is 6.45. The van der Waals surface area contributed by atoms with Crippen LogP contribution >= 0.6 is 11.3 Å². The van der Waals surface area contributed by atoms with Crippen molar-refractivity contribution in [3.05, 3.63) is 21.4 Å². The summed E-state index contributed by atoms with van der Waals surface area (Å²) in [5.74, 6) is 1.61. The minimum atomic E-state index is 0.799. The molecule has 1 heteroatoms. The van der Waals surface area contributed by atoms with E-state index in [2.05, 4.69) is 52.0 Å². The van der Waals surface area contributed by atoms with Gasteiger partial charge in [0.25, 0.3) is 0 Å². The van der Waals surface area contributed by atoms with Gasteiger partial charge in [0.2, 0.25) is 0 Å². The van der Waals surface area contributed by atoms with Gasteiger partial charge < -0.3 is 0 Å². The number of unbranched alkanes of at least 4 members (excludes halogenated alkanes) is 8. The second-order valence-electron chi connectivity index (χ2n) is 8.90. The fraction of sp³-hybridized carbons (Fsp3) is 0.852. The molecular formula is C27H50S. The van der Waals surface area contributed by atoms with Crippen LogP contribution in [0.2, 0.25) is 0 Å². The minimum Gasteiger partial charge on any atom is -0.145 e. The van der Waals surface area contributed by atoms with Crippen molar-refractivity contribution in [2.24, 2.45) is 0 Å². The van der Waals surface area contributed by atoms with Crippen molar-refractivity contribution >= 4 is 11.3 Å². The molecule has 0 amide bonds. The quantitative estimate of drug-likeness (QED) is 0.213. The second-order valence-corrected chi connectivity index (χ2v) is 10.1. The Kier molecular flexibility index (Phi) is 15.2. The van der Waals surface area contributed by atoms with E-state index in [-0.39, 0.29) is 0 Å². The number of aryl methyl sites for hydroxylation is 1. The zero-order valence-corrected chi connectivity index (χ0v) is 20.8. The van der Waals surface area contributed by atoms with Crippen LogP contribution in [0.3, 0.4) is 0 Å². The molecule has 0 aromatic carbocycles. The first-order chi connectivity index (χ1) is 13.7. The molecule has 0 spiro atoms. The van der Waals surface area contributed by atoms with Crippen LogP contribution in [0.1, 0.15) is 158 Å². The summed E-state index contributed by atoms with van der Waals surface area (Å²) in [5, 5.41) is 0. The lowest BCUT2D eigenvalue weighted by atomic mass is 9.85. The average Bonchev–Trinajstić information content (AvgIpc) is 3.11. The molecule has 28 heavy (non-hydrogen) atoms. The van der Waals surface area contributed by atoms with Gasteiger partial charge in [-0.3, -0.25) is 0 Å². The van der Waals surface area contributed by atoms with E-state index < -0.39 is 0 Å². The fourth-order valence-electron chi connectivity index (χ4n) is 4.57. The van der Waals surface area contributed by atoms with E-state index in [1.165, 1.54) is 103 Å². The molecule has 2 unspecified atom stereocenters. The van der Waals surface area contributed by atoms with E-state index in [0.29, 0.717) is 0 Å². The molecule has 0 nitrogen and oxygen atoms in total. The first-order valence-corrected chi connectivity index (χ1v) is 13.7. The van der Waals surface area contributed by atoms with Gasteiger partial charge in [-0.05, 0) is 55.6 Å². The molecular weight excluding hydrogens is 356 g/mol. The molecule has 1 aromatic heterocycles. The van der Waals surface area contributed by atoms with Crippen molar-refractivity contribution in [2.45, 2.75) is 149 Å². The van der Waals surface area contributed by atoms with Crippen LogP contribution in [-0.4, -0.2) is 0 Å². The zero-order valence-electron chi connectivity index (χ0n) is 20.0. The highest BCUT2D eigenvalue weighted by Gasteiger charge is 2.22. The highest BCUT2D eigenvalue weighted by Crippen LogP contribution is 2.41. The maximum atomic E-state index is 2.63. The Morgan fingerprint density at radius 1 is 0.643 bits per heavy atom. The summed E-state index contributed by atoms with van der Waals surface area (Å²) in [6, 6.07) is 2.63. The maximum absolute atomic E-state index is 2.63. The van der Waals surface area contributed by atoms with Crippen molar-refractivity contribution in [1.82, 2.24) is 0 Å². The van der Waals surface area contributed by atoms with Gasteiger partial charge in [-0.25, -0.2) is 0 Å². The Morgan fingerprint density at radius 2 is 1.18 bits per heavy atom. The summed E-state index contributed by atoms with van der Waals surface area (Å²) in [6.45, 7) is 11.8. The summed E-state index contributed by atoms with van der Waals surface area (Å²) in [5.41, 5.74) is 1.76. The monoisotopic (exact) mass is 406 g/mol. The van der Waals surface area contributed by atoms with E-state index in [4.69, 9.17) is 0 Å². The summed E-state index contributed by atoms with van der Waals surface area (Å²) in [7, 11) is 0. The van der Waals surface area contributed by atoms with Crippen LogP contribution in [0.5, 0.6) is 0 Å². The van der Waals surface area contributed by atoms with Gasteiger partial charge in [0.1, 0.15) is 0 Å². The molecule has 0 aliphatic carbocycles. The first-order valence-electron chi connectivity index (χ1n) is 12.8. The third kappa shape index (κ3) is 9.47. The van der Waals surface area contributed by atoms with Crippen molar-refractivity contribution in [1.29, 1.82) is 0 Å². The van der Waals surface area contributed by atoms with Gasteiger partial charge >= 0.3 is 0 Å². The average molecular weight is 407 g/mol. The Hall–Kier alpha value is -0.300. The Morgan fingerprint density at radius 3 is 1.68 bits per heavy atom. The lowest BCUT2D eigenvalue weighted by Gasteiger charge is -2.21. The van der Waals surface area contributed by atoms with Crippen molar-refractivity contribution in [3.63, 3.8) is 0 Å². The molecule has 0 bridgehead atoms. The topological polar surface area (TPSA) is 0 Å². The Bertz CT molecular complexity index is 433. The fourth-order valence-corrected chi connectivity index (χ4v) is 6.14. The van der Waals surface area contributed by atoms with E-state index >= 15 is 0 Å². The predicted molar refractivity (Wildman–Crippen MR) is 131 cm³/mol. The number of hydrogen-bond donors (Lipinski definition) is 0. The molecule has 1 rings (SSSR count). The molecule has 0 saturated heterocycles. The number of hydrogen-bond acceptors (Lipinski definition) is 1. The van der Waals surface area contributed by atoms with Gasteiger partial charge in [-0.15, -0.1) is 11.3 Å². The van der Waals surface area contributed by atoms with Crippen molar-refractivity contribution in [3.8, 4) is 0 Å². The summed E-state index contributed by atoms with van der Waals surface area (Å²) in [6.07, 6.45) is 22.1. The van der Waals surface area contributed by atoms with Gasteiger partial charge in [0.05, 0.1) is 0 Å². The zero-order chi connectivity index (χ0) is 20.6. The summed E-state index contributed by atoms with van der Waals surface area (Å²) in [4.78, 5) is 3.43. The third-order valence-corrected chi connectivity index (χ3v) is 7.82. The van der Waals surface area contributed by atoms with E-state index in [1.54, 1.807) is 15.3 Å². The molecule has 1 aromatic rings.